The van der Waals surface area contributed by atoms with E-state index in [9.17, 15) is 13.2 Å². The van der Waals surface area contributed by atoms with Crippen LogP contribution in [-0.2, 0) is 19.3 Å². The minimum Gasteiger partial charge on any atom is -0.496 e. The number of hydrogen-bond acceptors (Lipinski definition) is 4. The predicted molar refractivity (Wildman–Crippen MR) is 112 cm³/mol. The van der Waals surface area contributed by atoms with Crippen LogP contribution in [0.1, 0.15) is 28.8 Å². The number of rotatable bonds is 6. The van der Waals surface area contributed by atoms with E-state index in [0.717, 1.165) is 33.6 Å². The standard InChI is InChI=1S/C17H21F3N4OS.HI/c1-4-21-16(22-8-12-6-5-11(2)13(7-12)25-3)23-9-15-24-14(10-26-15)17(18,19)20;/h5-7,10H,4,8-9H2,1-3H3,(H2,21,22,23);1H. The van der Waals surface area contributed by atoms with Gasteiger partial charge in [-0.15, -0.1) is 35.3 Å². The Morgan fingerprint density at radius 3 is 2.63 bits per heavy atom. The number of nitrogens with zero attached hydrogens (tertiary/aromatic N) is 2. The zero-order chi connectivity index (χ0) is 19.2. The van der Waals surface area contributed by atoms with Gasteiger partial charge in [-0.25, -0.2) is 9.98 Å². The molecule has 1 aromatic heterocycles. The average molecular weight is 514 g/mol. The molecule has 2 rings (SSSR count). The average Bonchev–Trinajstić information content (AvgIpc) is 3.08. The minimum atomic E-state index is -4.42. The number of halogens is 4. The number of nitrogens with one attached hydrogen (secondary N) is 2. The van der Waals surface area contributed by atoms with Crippen molar-refractivity contribution in [1.29, 1.82) is 0 Å². The molecule has 0 aliphatic carbocycles. The lowest BCUT2D eigenvalue weighted by Gasteiger charge is -2.11. The first-order valence-corrected chi connectivity index (χ1v) is 8.88. The molecule has 0 atom stereocenters. The molecular weight excluding hydrogens is 492 g/mol. The third kappa shape index (κ3) is 7.17. The topological polar surface area (TPSA) is 58.5 Å². The van der Waals surface area contributed by atoms with Gasteiger partial charge in [-0.2, -0.15) is 13.2 Å². The molecule has 0 amide bonds. The van der Waals surface area contributed by atoms with Crippen molar-refractivity contribution >= 4 is 41.3 Å². The lowest BCUT2D eigenvalue weighted by Crippen LogP contribution is -2.36. The number of aromatic nitrogens is 1. The Bertz CT molecular complexity index is 765. The second-order valence-corrected chi connectivity index (χ2v) is 6.42. The molecule has 0 saturated heterocycles. The molecule has 0 bridgehead atoms. The number of aryl methyl sites for hydroxylation is 1. The van der Waals surface area contributed by atoms with E-state index in [1.165, 1.54) is 0 Å². The Labute approximate surface area is 177 Å². The number of ether oxygens (including phenoxy) is 1. The molecule has 0 fully saturated rings. The van der Waals surface area contributed by atoms with Gasteiger partial charge < -0.3 is 15.4 Å². The molecule has 2 aromatic rings. The van der Waals surface area contributed by atoms with Crippen LogP contribution in [-0.4, -0.2) is 24.6 Å². The van der Waals surface area contributed by atoms with Crippen molar-refractivity contribution in [1.82, 2.24) is 15.6 Å². The summed E-state index contributed by atoms with van der Waals surface area (Å²) in [4.78, 5) is 8.05. The summed E-state index contributed by atoms with van der Waals surface area (Å²) < 4.78 is 43.1. The zero-order valence-corrected chi connectivity index (χ0v) is 18.3. The molecule has 0 aliphatic rings. The first kappa shape index (κ1) is 23.5. The fourth-order valence-corrected chi connectivity index (χ4v) is 2.90. The summed E-state index contributed by atoms with van der Waals surface area (Å²) >= 11 is 0.965. The van der Waals surface area contributed by atoms with Crippen molar-refractivity contribution in [3.05, 3.63) is 45.4 Å². The first-order chi connectivity index (χ1) is 12.3. The Hall–Kier alpha value is -1.56. The van der Waals surface area contributed by atoms with Crippen LogP contribution in [0.25, 0.3) is 0 Å². The Kier molecular flexibility index (Phi) is 9.30. The van der Waals surface area contributed by atoms with Gasteiger partial charge in [0.15, 0.2) is 11.7 Å². The van der Waals surface area contributed by atoms with Crippen LogP contribution in [0.15, 0.2) is 28.6 Å². The highest BCUT2D eigenvalue weighted by atomic mass is 127. The van der Waals surface area contributed by atoms with E-state index >= 15 is 0 Å². The zero-order valence-electron chi connectivity index (χ0n) is 15.2. The number of aliphatic imine (C=N–C) groups is 1. The fourth-order valence-electron chi connectivity index (χ4n) is 2.16. The lowest BCUT2D eigenvalue weighted by molar-refractivity contribution is -0.140. The van der Waals surface area contributed by atoms with E-state index in [0.29, 0.717) is 24.1 Å². The van der Waals surface area contributed by atoms with Crippen LogP contribution in [0.2, 0.25) is 0 Å². The van der Waals surface area contributed by atoms with Gasteiger partial charge in [-0.1, -0.05) is 12.1 Å². The van der Waals surface area contributed by atoms with E-state index in [-0.39, 0.29) is 30.5 Å². The number of benzene rings is 1. The SMILES string of the molecule is CCNC(=NCc1ccc(C)c(OC)c1)NCc1nc(C(F)(F)F)cs1.I. The molecule has 0 aliphatic heterocycles. The van der Waals surface area contributed by atoms with Crippen LogP contribution in [0.3, 0.4) is 0 Å². The molecular formula is C17H22F3IN4OS. The highest BCUT2D eigenvalue weighted by Crippen LogP contribution is 2.29. The molecule has 150 valence electrons. The normalized spacial score (nSPS) is 11.7. The second kappa shape index (κ2) is 10.7. The van der Waals surface area contributed by atoms with Gasteiger partial charge in [0.25, 0.3) is 0 Å². The summed E-state index contributed by atoms with van der Waals surface area (Å²) in [5.41, 5.74) is 1.14. The van der Waals surface area contributed by atoms with Gasteiger partial charge >= 0.3 is 6.18 Å². The van der Waals surface area contributed by atoms with Gasteiger partial charge in [0.1, 0.15) is 10.8 Å². The highest BCUT2D eigenvalue weighted by molar-refractivity contribution is 14.0. The summed E-state index contributed by atoms with van der Waals surface area (Å²) in [6.45, 7) is 5.09. The molecule has 0 unspecified atom stereocenters. The first-order valence-electron chi connectivity index (χ1n) is 8.00. The van der Waals surface area contributed by atoms with E-state index in [1.807, 2.05) is 32.0 Å². The summed E-state index contributed by atoms with van der Waals surface area (Å²) in [5.74, 6) is 1.30. The maximum atomic E-state index is 12.6. The van der Waals surface area contributed by atoms with Gasteiger partial charge in [-0.05, 0) is 31.0 Å². The summed E-state index contributed by atoms with van der Waals surface area (Å²) in [6, 6.07) is 5.83. The Morgan fingerprint density at radius 2 is 2.04 bits per heavy atom. The number of hydrogen-bond donors (Lipinski definition) is 2. The number of methoxy groups -OCH3 is 1. The largest absolute Gasteiger partial charge is 0.496 e. The molecule has 1 heterocycles. The van der Waals surface area contributed by atoms with Crippen molar-refractivity contribution < 1.29 is 17.9 Å². The van der Waals surface area contributed by atoms with Gasteiger partial charge in [0.2, 0.25) is 0 Å². The summed E-state index contributed by atoms with van der Waals surface area (Å²) in [6.07, 6.45) is -4.42. The highest BCUT2D eigenvalue weighted by Gasteiger charge is 2.33. The maximum Gasteiger partial charge on any atom is 0.434 e. The second-order valence-electron chi connectivity index (χ2n) is 5.48. The molecule has 2 N–H and O–H groups in total. The molecule has 1 aromatic carbocycles. The summed E-state index contributed by atoms with van der Waals surface area (Å²) in [7, 11) is 1.62. The van der Waals surface area contributed by atoms with Crippen molar-refractivity contribution in [2.75, 3.05) is 13.7 Å². The summed E-state index contributed by atoms with van der Waals surface area (Å²) in [5, 5.41) is 7.42. The maximum absolute atomic E-state index is 12.6. The van der Waals surface area contributed by atoms with Crippen LogP contribution < -0.4 is 15.4 Å². The monoisotopic (exact) mass is 514 g/mol. The van der Waals surface area contributed by atoms with Crippen LogP contribution in [0, 0.1) is 6.92 Å². The van der Waals surface area contributed by atoms with Crippen LogP contribution in [0.5, 0.6) is 5.75 Å². The van der Waals surface area contributed by atoms with Crippen LogP contribution in [0.4, 0.5) is 13.2 Å². The lowest BCUT2D eigenvalue weighted by atomic mass is 10.1. The van der Waals surface area contributed by atoms with E-state index < -0.39 is 11.9 Å². The number of alkyl halides is 3. The molecule has 10 heteroatoms. The molecule has 0 radical (unpaired) electrons. The molecule has 5 nitrogen and oxygen atoms in total. The molecule has 27 heavy (non-hydrogen) atoms. The van der Waals surface area contributed by atoms with E-state index in [2.05, 4.69) is 20.6 Å². The Balaban J connectivity index is 0.00000364. The van der Waals surface area contributed by atoms with Crippen molar-refractivity contribution in [3.8, 4) is 5.75 Å². The fraction of sp³-hybridized carbons (Fsp3) is 0.412. The molecule has 0 saturated carbocycles. The van der Waals surface area contributed by atoms with E-state index in [1.54, 1.807) is 7.11 Å². The van der Waals surface area contributed by atoms with Gasteiger partial charge in [-0.3, -0.25) is 0 Å². The van der Waals surface area contributed by atoms with Gasteiger partial charge in [0, 0.05) is 11.9 Å². The quantitative estimate of drug-likeness (QED) is 0.342. The third-order valence-corrected chi connectivity index (χ3v) is 4.33. The smallest absolute Gasteiger partial charge is 0.434 e. The van der Waals surface area contributed by atoms with Crippen molar-refractivity contribution in [3.63, 3.8) is 0 Å². The van der Waals surface area contributed by atoms with Crippen molar-refractivity contribution in [2.45, 2.75) is 33.1 Å². The van der Waals surface area contributed by atoms with E-state index in [4.69, 9.17) is 4.74 Å². The molecule has 0 spiro atoms. The van der Waals surface area contributed by atoms with Crippen LogP contribution >= 0.6 is 35.3 Å². The number of guanidine groups is 1. The van der Waals surface area contributed by atoms with Crippen molar-refractivity contribution in [2.24, 2.45) is 4.99 Å². The minimum absolute atomic E-state index is 0. The predicted octanol–water partition coefficient (Wildman–Crippen LogP) is 4.35. The third-order valence-electron chi connectivity index (χ3n) is 3.49. The Morgan fingerprint density at radius 1 is 1.30 bits per heavy atom. The van der Waals surface area contributed by atoms with Gasteiger partial charge in [0.05, 0.1) is 20.2 Å². The number of thiazole rings is 1.